The van der Waals surface area contributed by atoms with E-state index in [-0.39, 0.29) is 12.5 Å². The number of unbranched alkanes of at least 4 members (excludes halogenated alkanes) is 2. The molecule has 1 amide bonds. The Bertz CT molecular complexity index is 589. The second kappa shape index (κ2) is 6.57. The van der Waals surface area contributed by atoms with Gasteiger partial charge in [0, 0.05) is 36.8 Å². The summed E-state index contributed by atoms with van der Waals surface area (Å²) in [5, 5.41) is 9.74. The Morgan fingerprint density at radius 1 is 1.25 bits per heavy atom. The van der Waals surface area contributed by atoms with Gasteiger partial charge in [0.05, 0.1) is 5.56 Å². The Balaban J connectivity index is 2.12. The van der Waals surface area contributed by atoms with Crippen LogP contribution >= 0.6 is 0 Å². The van der Waals surface area contributed by atoms with Crippen LogP contribution in [0.15, 0.2) is 24.3 Å². The molecule has 0 aliphatic heterocycles. The van der Waals surface area contributed by atoms with Crippen LogP contribution in [0.5, 0.6) is 0 Å². The van der Waals surface area contributed by atoms with Crippen molar-refractivity contribution in [2.75, 3.05) is 20.2 Å². The van der Waals surface area contributed by atoms with E-state index in [9.17, 15) is 4.79 Å². The molecule has 1 heterocycles. The number of hydrogen-bond acceptors (Lipinski definition) is 2. The quantitative estimate of drug-likeness (QED) is 0.796. The molecule has 2 rings (SSSR count). The number of aryl methyl sites for hydroxylation is 1. The summed E-state index contributed by atoms with van der Waals surface area (Å²) in [5.41, 5.74) is 2.69. The van der Waals surface area contributed by atoms with Crippen molar-refractivity contribution >= 4 is 16.8 Å². The summed E-state index contributed by atoms with van der Waals surface area (Å²) >= 11 is 0. The molecule has 2 aromatic rings. The van der Waals surface area contributed by atoms with Crippen LogP contribution in [0.3, 0.4) is 0 Å². The van der Waals surface area contributed by atoms with Gasteiger partial charge in [-0.05, 0) is 32.3 Å². The molecule has 1 aromatic heterocycles. The average molecular weight is 274 g/mol. The van der Waals surface area contributed by atoms with Gasteiger partial charge in [-0.1, -0.05) is 18.2 Å². The summed E-state index contributed by atoms with van der Waals surface area (Å²) < 4.78 is 0. The van der Waals surface area contributed by atoms with Gasteiger partial charge in [-0.3, -0.25) is 4.79 Å². The summed E-state index contributed by atoms with van der Waals surface area (Å²) in [4.78, 5) is 17.6. The summed E-state index contributed by atoms with van der Waals surface area (Å²) in [6.45, 7) is 2.88. The topological polar surface area (TPSA) is 56.3 Å². The first-order valence-electron chi connectivity index (χ1n) is 7.08. The smallest absolute Gasteiger partial charge is 0.256 e. The van der Waals surface area contributed by atoms with E-state index in [1.807, 2.05) is 38.2 Å². The number of benzene rings is 1. The molecule has 0 saturated heterocycles. The molecule has 0 aliphatic carbocycles. The number of nitrogens with zero attached hydrogens (tertiary/aromatic N) is 1. The monoisotopic (exact) mass is 274 g/mol. The molecule has 4 nitrogen and oxygen atoms in total. The van der Waals surface area contributed by atoms with Gasteiger partial charge >= 0.3 is 0 Å². The maximum absolute atomic E-state index is 12.6. The average Bonchev–Trinajstić information content (AvgIpc) is 2.78. The van der Waals surface area contributed by atoms with Crippen LogP contribution in [0.25, 0.3) is 10.9 Å². The fourth-order valence-electron chi connectivity index (χ4n) is 2.48. The highest BCUT2D eigenvalue weighted by Crippen LogP contribution is 2.23. The van der Waals surface area contributed by atoms with Gasteiger partial charge in [-0.2, -0.15) is 0 Å². The van der Waals surface area contributed by atoms with Gasteiger partial charge in [0.15, 0.2) is 0 Å². The molecule has 0 bridgehead atoms. The van der Waals surface area contributed by atoms with Crippen molar-refractivity contribution in [3.8, 4) is 0 Å². The number of aliphatic hydroxyl groups is 1. The predicted molar refractivity (Wildman–Crippen MR) is 80.9 cm³/mol. The van der Waals surface area contributed by atoms with E-state index in [1.165, 1.54) is 0 Å². The summed E-state index contributed by atoms with van der Waals surface area (Å²) in [6, 6.07) is 7.88. The standard InChI is InChI=1S/C16H22N2O2/c1-12-15(13-8-4-5-9-14(13)17-12)16(20)18(2)10-6-3-7-11-19/h4-5,8-9,17,19H,3,6-7,10-11H2,1-2H3. The molecule has 0 unspecified atom stereocenters. The lowest BCUT2D eigenvalue weighted by atomic mass is 10.1. The van der Waals surface area contributed by atoms with Gasteiger partial charge in [-0.25, -0.2) is 0 Å². The van der Waals surface area contributed by atoms with Crippen molar-refractivity contribution in [1.29, 1.82) is 0 Å². The van der Waals surface area contributed by atoms with Crippen LogP contribution in [0.4, 0.5) is 0 Å². The number of carbonyl (C=O) groups excluding carboxylic acids is 1. The van der Waals surface area contributed by atoms with Crippen LogP contribution in [0, 0.1) is 6.92 Å². The fraction of sp³-hybridized carbons (Fsp3) is 0.438. The van der Waals surface area contributed by atoms with Gasteiger partial charge in [-0.15, -0.1) is 0 Å². The molecular formula is C16H22N2O2. The first kappa shape index (κ1) is 14.6. The van der Waals surface area contributed by atoms with E-state index in [1.54, 1.807) is 4.90 Å². The van der Waals surface area contributed by atoms with E-state index in [0.29, 0.717) is 0 Å². The number of nitrogens with one attached hydrogen (secondary N) is 1. The zero-order chi connectivity index (χ0) is 14.5. The normalized spacial score (nSPS) is 10.9. The number of amides is 1. The molecule has 0 aliphatic rings. The van der Waals surface area contributed by atoms with Gasteiger partial charge in [0.2, 0.25) is 0 Å². The highest BCUT2D eigenvalue weighted by Gasteiger charge is 2.18. The first-order valence-corrected chi connectivity index (χ1v) is 7.08. The molecule has 0 atom stereocenters. The summed E-state index contributed by atoms with van der Waals surface area (Å²) in [5.74, 6) is 0.0592. The number of aliphatic hydroxyl groups excluding tert-OH is 1. The Kier molecular flexibility index (Phi) is 4.79. The van der Waals surface area contributed by atoms with E-state index in [4.69, 9.17) is 5.11 Å². The molecule has 20 heavy (non-hydrogen) atoms. The van der Waals surface area contributed by atoms with Crippen LogP contribution < -0.4 is 0 Å². The molecular weight excluding hydrogens is 252 g/mol. The Morgan fingerprint density at radius 3 is 2.75 bits per heavy atom. The van der Waals surface area contributed by atoms with Crippen molar-refractivity contribution in [2.45, 2.75) is 26.2 Å². The lowest BCUT2D eigenvalue weighted by Crippen LogP contribution is -2.28. The Morgan fingerprint density at radius 2 is 2.00 bits per heavy atom. The van der Waals surface area contributed by atoms with Crippen LogP contribution in [0.1, 0.15) is 35.3 Å². The minimum Gasteiger partial charge on any atom is -0.396 e. The maximum atomic E-state index is 12.6. The highest BCUT2D eigenvalue weighted by atomic mass is 16.2. The minimum atomic E-state index is 0.0592. The van der Waals surface area contributed by atoms with Crippen LogP contribution in [-0.2, 0) is 0 Å². The maximum Gasteiger partial charge on any atom is 0.256 e. The van der Waals surface area contributed by atoms with Gasteiger partial charge < -0.3 is 15.0 Å². The van der Waals surface area contributed by atoms with E-state index < -0.39 is 0 Å². The van der Waals surface area contributed by atoms with Crippen LogP contribution in [0.2, 0.25) is 0 Å². The molecule has 2 N–H and O–H groups in total. The van der Waals surface area contributed by atoms with Crippen molar-refractivity contribution in [3.63, 3.8) is 0 Å². The highest BCUT2D eigenvalue weighted by molar-refractivity contribution is 6.07. The molecule has 0 spiro atoms. The molecule has 0 saturated carbocycles. The van der Waals surface area contributed by atoms with Gasteiger partial charge in [0.25, 0.3) is 5.91 Å². The van der Waals surface area contributed by atoms with E-state index in [2.05, 4.69) is 4.98 Å². The number of H-pyrrole nitrogens is 1. The van der Waals surface area contributed by atoms with Gasteiger partial charge in [0.1, 0.15) is 0 Å². The van der Waals surface area contributed by atoms with Crippen LogP contribution in [-0.4, -0.2) is 41.1 Å². The molecule has 0 fully saturated rings. The Labute approximate surface area is 119 Å². The van der Waals surface area contributed by atoms with E-state index >= 15 is 0 Å². The largest absolute Gasteiger partial charge is 0.396 e. The third-order valence-corrected chi connectivity index (χ3v) is 3.61. The van der Waals surface area contributed by atoms with Crippen molar-refractivity contribution in [2.24, 2.45) is 0 Å². The number of rotatable bonds is 6. The number of para-hydroxylation sites is 1. The number of aromatic nitrogens is 1. The summed E-state index contributed by atoms with van der Waals surface area (Å²) in [7, 11) is 1.84. The second-order valence-corrected chi connectivity index (χ2v) is 5.18. The number of hydrogen-bond donors (Lipinski definition) is 2. The van der Waals surface area contributed by atoms with Crippen molar-refractivity contribution < 1.29 is 9.90 Å². The SMILES string of the molecule is Cc1[nH]c2ccccc2c1C(=O)N(C)CCCCCO. The lowest BCUT2D eigenvalue weighted by Gasteiger charge is -2.17. The van der Waals surface area contributed by atoms with E-state index in [0.717, 1.165) is 48.0 Å². The zero-order valence-electron chi connectivity index (χ0n) is 12.1. The summed E-state index contributed by atoms with van der Waals surface area (Å²) in [6.07, 6.45) is 2.67. The first-order chi connectivity index (χ1) is 9.65. The third-order valence-electron chi connectivity index (χ3n) is 3.61. The minimum absolute atomic E-state index is 0.0592. The number of fused-ring (bicyclic) bond motifs is 1. The fourth-order valence-corrected chi connectivity index (χ4v) is 2.48. The zero-order valence-corrected chi connectivity index (χ0v) is 12.1. The second-order valence-electron chi connectivity index (χ2n) is 5.18. The number of carbonyl (C=O) groups is 1. The lowest BCUT2D eigenvalue weighted by molar-refractivity contribution is 0.0793. The predicted octanol–water partition coefficient (Wildman–Crippen LogP) is 2.71. The molecule has 108 valence electrons. The van der Waals surface area contributed by atoms with Crippen molar-refractivity contribution in [3.05, 3.63) is 35.5 Å². The third kappa shape index (κ3) is 3.02. The molecule has 4 heteroatoms. The molecule has 1 aromatic carbocycles. The Hall–Kier alpha value is -1.81. The number of aromatic amines is 1. The van der Waals surface area contributed by atoms with Crippen molar-refractivity contribution in [1.82, 2.24) is 9.88 Å². The molecule has 0 radical (unpaired) electrons.